The number of hydrogen-bond acceptors (Lipinski definition) is 5. The lowest BCUT2D eigenvalue weighted by atomic mass is 9.68. The van der Waals surface area contributed by atoms with E-state index in [0.29, 0.717) is 23.6 Å². The van der Waals surface area contributed by atoms with Gasteiger partial charge in [-0.25, -0.2) is 0 Å². The van der Waals surface area contributed by atoms with Crippen LogP contribution in [0.1, 0.15) is 17.5 Å². The van der Waals surface area contributed by atoms with Gasteiger partial charge < -0.3 is 20.3 Å². The summed E-state index contributed by atoms with van der Waals surface area (Å²) in [5.74, 6) is -3.26. The number of aliphatic carboxylic acids is 1. The van der Waals surface area contributed by atoms with Crippen LogP contribution in [0, 0.1) is 0 Å². The van der Waals surface area contributed by atoms with E-state index in [1.165, 1.54) is 6.07 Å². The zero-order valence-electron chi connectivity index (χ0n) is 12.5. The van der Waals surface area contributed by atoms with Gasteiger partial charge in [0.25, 0.3) is 5.91 Å². The smallest absolute Gasteiger partial charge is 0.322 e. The molecule has 7 nitrogen and oxygen atoms in total. The minimum absolute atomic E-state index is 0.0868. The van der Waals surface area contributed by atoms with Crippen LogP contribution in [0.15, 0.2) is 23.8 Å². The number of ketones is 1. The monoisotopic (exact) mass is 351 g/mol. The molecule has 0 unspecified atom stereocenters. The largest absolute Gasteiger partial charge is 0.506 e. The highest BCUT2D eigenvalue weighted by atomic mass is 35.5. The summed E-state index contributed by atoms with van der Waals surface area (Å²) in [6.07, 6.45) is 0.365. The highest BCUT2D eigenvalue weighted by Gasteiger charge is 2.51. The van der Waals surface area contributed by atoms with Crippen LogP contribution in [-0.2, 0) is 24.5 Å². The number of hydrogen-bond donors (Lipinski definition) is 3. The van der Waals surface area contributed by atoms with Crippen LogP contribution < -0.4 is 5.32 Å². The predicted molar refractivity (Wildman–Crippen MR) is 83.8 cm³/mol. The maximum absolute atomic E-state index is 13.0. The fourth-order valence-electron chi connectivity index (χ4n) is 3.14. The number of rotatable bonds is 3. The van der Waals surface area contributed by atoms with Gasteiger partial charge in [-0.3, -0.25) is 14.4 Å². The van der Waals surface area contributed by atoms with Crippen LogP contribution in [0.25, 0.3) is 5.76 Å². The number of carboxylic acid groups (broad SMARTS) is 1. The van der Waals surface area contributed by atoms with Crippen LogP contribution in [0.5, 0.6) is 0 Å². The lowest BCUT2D eigenvalue weighted by Crippen LogP contribution is -2.45. The number of nitrogens with one attached hydrogen (secondary N) is 1. The van der Waals surface area contributed by atoms with Gasteiger partial charge in [0.15, 0.2) is 5.78 Å². The quantitative estimate of drug-likeness (QED) is 0.702. The molecule has 0 bridgehead atoms. The van der Waals surface area contributed by atoms with E-state index in [-0.39, 0.29) is 12.2 Å². The molecule has 126 valence electrons. The number of aliphatic hydroxyl groups excluding tert-OH is 1. The summed E-state index contributed by atoms with van der Waals surface area (Å²) in [6, 6.07) is 4.73. The Morgan fingerprint density at radius 1 is 1.38 bits per heavy atom. The normalized spacial score (nSPS) is 22.6. The molecular formula is C16H14ClNO6. The first-order valence-corrected chi connectivity index (χ1v) is 7.61. The van der Waals surface area contributed by atoms with Gasteiger partial charge in [0.1, 0.15) is 17.9 Å². The number of carboxylic acids is 1. The molecule has 1 amide bonds. The van der Waals surface area contributed by atoms with Crippen molar-refractivity contribution in [2.45, 2.75) is 11.8 Å². The van der Waals surface area contributed by atoms with Gasteiger partial charge in [-0.2, -0.15) is 0 Å². The van der Waals surface area contributed by atoms with Crippen molar-refractivity contribution in [3.05, 3.63) is 39.9 Å². The first-order valence-electron chi connectivity index (χ1n) is 7.23. The molecule has 1 aromatic carbocycles. The third-order valence-corrected chi connectivity index (χ3v) is 4.53. The summed E-state index contributed by atoms with van der Waals surface area (Å²) in [5.41, 5.74) is -0.687. The fourth-order valence-corrected chi connectivity index (χ4v) is 3.32. The molecule has 24 heavy (non-hydrogen) atoms. The zero-order valence-corrected chi connectivity index (χ0v) is 13.2. The third kappa shape index (κ3) is 2.46. The van der Waals surface area contributed by atoms with E-state index in [4.69, 9.17) is 21.4 Å². The molecule has 0 radical (unpaired) electrons. The zero-order chi connectivity index (χ0) is 17.5. The Labute approximate surface area is 141 Å². The molecule has 1 aliphatic carbocycles. The molecule has 1 aromatic rings. The summed E-state index contributed by atoms with van der Waals surface area (Å²) in [4.78, 5) is 35.9. The number of fused-ring (bicyclic) bond motifs is 2. The topological polar surface area (TPSA) is 113 Å². The number of carbonyl (C=O) groups is 3. The van der Waals surface area contributed by atoms with Crippen LogP contribution >= 0.6 is 11.6 Å². The summed E-state index contributed by atoms with van der Waals surface area (Å²) in [7, 11) is 0. The molecule has 3 rings (SSSR count). The fraction of sp³-hybridized carbons (Fsp3) is 0.312. The molecule has 1 spiro atoms. The molecule has 0 aromatic heterocycles. The Morgan fingerprint density at radius 3 is 2.75 bits per heavy atom. The second kappa shape index (κ2) is 5.92. The molecule has 1 aliphatic heterocycles. The first-order chi connectivity index (χ1) is 11.4. The van der Waals surface area contributed by atoms with E-state index in [0.717, 1.165) is 0 Å². The number of carbonyl (C=O) groups excluding carboxylic acids is 2. The van der Waals surface area contributed by atoms with E-state index < -0.39 is 41.0 Å². The molecule has 3 N–H and O–H groups in total. The molecule has 0 saturated carbocycles. The lowest BCUT2D eigenvalue weighted by molar-refractivity contribution is -0.138. The minimum atomic E-state index is -1.26. The Bertz CT molecular complexity index is 779. The summed E-state index contributed by atoms with van der Waals surface area (Å²) in [6.45, 7) is -0.225. The highest BCUT2D eigenvalue weighted by Crippen LogP contribution is 2.45. The van der Waals surface area contributed by atoms with E-state index >= 15 is 0 Å². The third-order valence-electron chi connectivity index (χ3n) is 4.30. The van der Waals surface area contributed by atoms with E-state index in [9.17, 15) is 19.5 Å². The SMILES string of the molecule is O=C(O)CNC(=O)C1=C(O)c2cc(Cl)ccc2[C@]2(CCOC2)C1=O. The van der Waals surface area contributed by atoms with Crippen molar-refractivity contribution in [1.82, 2.24) is 5.32 Å². The predicted octanol–water partition coefficient (Wildman–Crippen LogP) is 1.05. The van der Waals surface area contributed by atoms with Gasteiger partial charge in [0.05, 0.1) is 12.0 Å². The number of aliphatic hydroxyl groups is 1. The second-order valence-electron chi connectivity index (χ2n) is 5.70. The van der Waals surface area contributed by atoms with Crippen molar-refractivity contribution in [2.24, 2.45) is 0 Å². The molecular weight excluding hydrogens is 338 g/mol. The molecule has 1 fully saturated rings. The average molecular weight is 352 g/mol. The maximum atomic E-state index is 13.0. The summed E-state index contributed by atoms with van der Waals surface area (Å²) < 4.78 is 5.37. The summed E-state index contributed by atoms with van der Waals surface area (Å²) in [5, 5.41) is 21.6. The van der Waals surface area contributed by atoms with Gasteiger partial charge in [-0.15, -0.1) is 0 Å². The Hall–Kier alpha value is -2.38. The standard InChI is InChI=1S/C16H14ClNO6/c17-8-1-2-10-9(5-8)13(21)12(15(23)18-6-11(19)20)14(22)16(10)3-4-24-7-16/h1-2,5,21H,3-4,6-7H2,(H,18,23)(H,19,20)/t16-/m1/s1. The second-order valence-corrected chi connectivity index (χ2v) is 6.14. The number of benzene rings is 1. The van der Waals surface area contributed by atoms with Gasteiger partial charge >= 0.3 is 5.97 Å². The average Bonchev–Trinajstić information content (AvgIpc) is 3.02. The number of halogens is 1. The van der Waals surface area contributed by atoms with Crippen LogP contribution in [-0.4, -0.2) is 47.6 Å². The van der Waals surface area contributed by atoms with Crippen LogP contribution in [0.4, 0.5) is 0 Å². The number of amides is 1. The maximum Gasteiger partial charge on any atom is 0.322 e. The van der Waals surface area contributed by atoms with Gasteiger partial charge in [0, 0.05) is 17.2 Å². The van der Waals surface area contributed by atoms with Gasteiger partial charge in [-0.05, 0) is 24.1 Å². The number of ether oxygens (including phenoxy) is 1. The van der Waals surface area contributed by atoms with Crippen molar-refractivity contribution in [3.63, 3.8) is 0 Å². The molecule has 1 atom stereocenters. The molecule has 8 heteroatoms. The lowest BCUT2D eigenvalue weighted by Gasteiger charge is -2.33. The minimum Gasteiger partial charge on any atom is -0.506 e. The van der Waals surface area contributed by atoms with Crippen molar-refractivity contribution < 1.29 is 29.3 Å². The van der Waals surface area contributed by atoms with Crippen LogP contribution in [0.3, 0.4) is 0 Å². The van der Waals surface area contributed by atoms with Gasteiger partial charge in [0.2, 0.25) is 0 Å². The molecule has 1 heterocycles. The number of Topliss-reactive ketones (excluding diaryl/α,β-unsaturated/α-hetero) is 1. The molecule has 1 saturated heterocycles. The van der Waals surface area contributed by atoms with E-state index in [1.54, 1.807) is 12.1 Å². The van der Waals surface area contributed by atoms with E-state index in [1.807, 2.05) is 0 Å². The Balaban J connectivity index is 2.14. The van der Waals surface area contributed by atoms with E-state index in [2.05, 4.69) is 5.32 Å². The van der Waals surface area contributed by atoms with Crippen molar-refractivity contribution >= 4 is 35.0 Å². The molecule has 2 aliphatic rings. The summed E-state index contributed by atoms with van der Waals surface area (Å²) >= 11 is 5.98. The first kappa shape index (κ1) is 16.5. The van der Waals surface area contributed by atoms with Crippen molar-refractivity contribution in [1.29, 1.82) is 0 Å². The Morgan fingerprint density at radius 2 is 2.12 bits per heavy atom. The highest BCUT2D eigenvalue weighted by molar-refractivity contribution is 6.32. The van der Waals surface area contributed by atoms with Crippen molar-refractivity contribution in [2.75, 3.05) is 19.8 Å². The Kier molecular flexibility index (Phi) is 4.06. The van der Waals surface area contributed by atoms with Crippen LogP contribution in [0.2, 0.25) is 5.02 Å². The van der Waals surface area contributed by atoms with Crippen molar-refractivity contribution in [3.8, 4) is 0 Å². The van der Waals surface area contributed by atoms with Gasteiger partial charge in [-0.1, -0.05) is 17.7 Å².